The number of hydrogen-bond donors (Lipinski definition) is 3. The van der Waals surface area contributed by atoms with Crippen LogP contribution in [0.1, 0.15) is 48.7 Å². The average molecular weight is 632 g/mol. The minimum Gasteiger partial charge on any atom is -0.461 e. The third kappa shape index (κ3) is 8.61. The van der Waals surface area contributed by atoms with Gasteiger partial charge in [0.25, 0.3) is 5.91 Å². The molecule has 8 nitrogen and oxygen atoms in total. The zero-order chi connectivity index (χ0) is 32.6. The number of hydrogen-bond acceptors (Lipinski definition) is 6. The van der Waals surface area contributed by atoms with Crippen LogP contribution < -0.4 is 20.7 Å². The molecule has 1 aliphatic rings. The van der Waals surface area contributed by atoms with Crippen LogP contribution in [0.25, 0.3) is 10.9 Å². The van der Waals surface area contributed by atoms with Crippen LogP contribution in [0.15, 0.2) is 42.5 Å². The van der Waals surface area contributed by atoms with Crippen molar-refractivity contribution in [2.75, 3.05) is 58.4 Å². The Labute approximate surface area is 261 Å². The van der Waals surface area contributed by atoms with Crippen LogP contribution >= 0.6 is 0 Å². The van der Waals surface area contributed by atoms with Crippen molar-refractivity contribution in [3.05, 3.63) is 53.7 Å². The number of ether oxygens (including phenoxy) is 2. The van der Waals surface area contributed by atoms with Crippen LogP contribution in [0.4, 0.5) is 28.9 Å². The van der Waals surface area contributed by atoms with E-state index in [4.69, 9.17) is 9.47 Å². The van der Waals surface area contributed by atoms with Crippen molar-refractivity contribution < 1.29 is 31.8 Å². The molecule has 4 rings (SSSR count). The van der Waals surface area contributed by atoms with Gasteiger partial charge in [0.05, 0.1) is 30.0 Å². The van der Waals surface area contributed by atoms with Gasteiger partial charge in [-0.25, -0.2) is 4.39 Å². The van der Waals surface area contributed by atoms with Gasteiger partial charge >= 0.3 is 6.18 Å². The number of aromatic nitrogens is 1. The van der Waals surface area contributed by atoms with Crippen molar-refractivity contribution in [2.24, 2.45) is 0 Å². The maximum absolute atomic E-state index is 13.7. The van der Waals surface area contributed by atoms with Crippen molar-refractivity contribution >= 4 is 28.2 Å². The van der Waals surface area contributed by atoms with E-state index in [-0.39, 0.29) is 41.0 Å². The van der Waals surface area contributed by atoms with Crippen molar-refractivity contribution in [3.63, 3.8) is 0 Å². The number of fused-ring (bicyclic) bond motifs is 1. The summed E-state index contributed by atoms with van der Waals surface area (Å²) >= 11 is 0. The molecule has 3 aromatic rings. The van der Waals surface area contributed by atoms with Gasteiger partial charge in [-0.2, -0.15) is 13.2 Å². The van der Waals surface area contributed by atoms with Gasteiger partial charge < -0.3 is 30.0 Å². The Hall–Kier alpha value is -3.95. The van der Waals surface area contributed by atoms with E-state index in [0.29, 0.717) is 23.2 Å². The van der Waals surface area contributed by atoms with Crippen LogP contribution in [0.5, 0.6) is 5.75 Å². The van der Waals surface area contributed by atoms with Crippen LogP contribution in [-0.2, 0) is 11.3 Å². The fourth-order valence-corrected chi connectivity index (χ4v) is 5.75. The normalized spacial score (nSPS) is 18.4. The number of likely N-dealkylation sites (N-methyl/N-ethyl adjacent to an activating group) is 1. The predicted octanol–water partition coefficient (Wildman–Crippen LogP) is 6.02. The van der Waals surface area contributed by atoms with E-state index in [1.165, 1.54) is 17.7 Å². The summed E-state index contributed by atoms with van der Waals surface area (Å²) in [6, 6.07) is 11.7. The Bertz CT molecular complexity index is 1520. The van der Waals surface area contributed by atoms with Crippen LogP contribution in [-0.4, -0.2) is 80.9 Å². The molecule has 1 amide bonds. The molecule has 2 aromatic carbocycles. The molecule has 1 fully saturated rings. The third-order valence-corrected chi connectivity index (χ3v) is 8.52. The molecule has 244 valence electrons. The summed E-state index contributed by atoms with van der Waals surface area (Å²) in [4.78, 5) is 14.3. The first-order chi connectivity index (χ1) is 21.5. The van der Waals surface area contributed by atoms with Gasteiger partial charge in [-0.05, 0) is 82.0 Å². The Morgan fingerprint density at radius 3 is 2.58 bits per heavy atom. The number of anilines is 2. The molecule has 0 saturated heterocycles. The SMILES string of the molecule is CNC(=O)c1ccc(NCC#Cc2cc3c(NC4CCC(C)(N(C)CCOC)CC4)cccc3n2CC(F)(F)F)c(OCF)c1. The van der Waals surface area contributed by atoms with E-state index in [1.807, 2.05) is 6.07 Å². The van der Waals surface area contributed by atoms with E-state index in [1.54, 1.807) is 37.4 Å². The molecule has 12 heteroatoms. The second-order valence-electron chi connectivity index (χ2n) is 11.5. The Balaban J connectivity index is 1.53. The highest BCUT2D eigenvalue weighted by molar-refractivity contribution is 5.95. The third-order valence-electron chi connectivity index (χ3n) is 8.52. The maximum atomic E-state index is 13.7. The molecule has 1 aliphatic carbocycles. The second-order valence-corrected chi connectivity index (χ2v) is 11.5. The smallest absolute Gasteiger partial charge is 0.406 e. The number of nitrogens with zero attached hydrogens (tertiary/aromatic N) is 2. The molecule has 0 bridgehead atoms. The van der Waals surface area contributed by atoms with Crippen LogP contribution in [0, 0.1) is 11.8 Å². The molecular formula is C33H41F4N5O3. The van der Waals surface area contributed by atoms with Gasteiger partial charge in [0.1, 0.15) is 12.3 Å². The molecule has 1 heterocycles. The number of methoxy groups -OCH3 is 1. The lowest BCUT2D eigenvalue weighted by Crippen LogP contribution is -2.49. The number of halogens is 4. The van der Waals surface area contributed by atoms with Crippen molar-refractivity contribution in [1.29, 1.82) is 0 Å². The highest BCUT2D eigenvalue weighted by Gasteiger charge is 2.35. The van der Waals surface area contributed by atoms with Crippen LogP contribution in [0.2, 0.25) is 0 Å². The lowest BCUT2D eigenvalue weighted by atomic mass is 9.79. The summed E-state index contributed by atoms with van der Waals surface area (Å²) in [6.45, 7) is 1.56. The van der Waals surface area contributed by atoms with Gasteiger partial charge in [0.15, 0.2) is 0 Å². The van der Waals surface area contributed by atoms with E-state index < -0.39 is 19.6 Å². The van der Waals surface area contributed by atoms with E-state index in [0.717, 1.165) is 37.9 Å². The summed E-state index contributed by atoms with van der Waals surface area (Å²) in [5.74, 6) is 5.52. The Kier molecular flexibility index (Phi) is 11.2. The molecule has 0 spiro atoms. The molecule has 45 heavy (non-hydrogen) atoms. The van der Waals surface area contributed by atoms with Crippen molar-refractivity contribution in [1.82, 2.24) is 14.8 Å². The maximum Gasteiger partial charge on any atom is 0.406 e. The predicted molar refractivity (Wildman–Crippen MR) is 169 cm³/mol. The number of alkyl halides is 4. The minimum absolute atomic E-state index is 0.0420. The monoisotopic (exact) mass is 631 g/mol. The molecular weight excluding hydrogens is 590 g/mol. The lowest BCUT2D eigenvalue weighted by Gasteiger charge is -2.44. The molecule has 0 atom stereocenters. The molecule has 1 saturated carbocycles. The largest absolute Gasteiger partial charge is 0.461 e. The Morgan fingerprint density at radius 1 is 1.16 bits per heavy atom. The summed E-state index contributed by atoms with van der Waals surface area (Å²) in [6.07, 6.45) is -0.593. The summed E-state index contributed by atoms with van der Waals surface area (Å²) in [5, 5.41) is 9.76. The van der Waals surface area contributed by atoms with Gasteiger partial charge in [-0.3, -0.25) is 9.69 Å². The summed E-state index contributed by atoms with van der Waals surface area (Å²) < 4.78 is 65.4. The molecule has 0 radical (unpaired) electrons. The van der Waals surface area contributed by atoms with E-state index >= 15 is 0 Å². The van der Waals surface area contributed by atoms with E-state index in [9.17, 15) is 22.4 Å². The number of rotatable bonds is 12. The van der Waals surface area contributed by atoms with Gasteiger partial charge in [0, 0.05) is 48.9 Å². The highest BCUT2D eigenvalue weighted by atomic mass is 19.4. The first-order valence-corrected chi connectivity index (χ1v) is 14.9. The topological polar surface area (TPSA) is 79.8 Å². The minimum atomic E-state index is -4.45. The molecule has 3 N–H and O–H groups in total. The lowest BCUT2D eigenvalue weighted by molar-refractivity contribution is -0.140. The highest BCUT2D eigenvalue weighted by Crippen LogP contribution is 2.36. The number of benzene rings is 2. The van der Waals surface area contributed by atoms with E-state index in [2.05, 4.69) is 46.7 Å². The first kappa shape index (κ1) is 33.9. The molecule has 1 aromatic heterocycles. The average Bonchev–Trinajstić information content (AvgIpc) is 3.35. The first-order valence-electron chi connectivity index (χ1n) is 14.9. The molecule has 0 unspecified atom stereocenters. The summed E-state index contributed by atoms with van der Waals surface area (Å²) in [5.41, 5.74) is 2.20. The number of nitrogens with one attached hydrogen (secondary N) is 3. The summed E-state index contributed by atoms with van der Waals surface area (Å²) in [7, 11) is 5.30. The van der Waals surface area contributed by atoms with Crippen molar-refractivity contribution in [2.45, 2.75) is 56.9 Å². The fraction of sp³-hybridized carbons (Fsp3) is 0.485. The zero-order valence-electron chi connectivity index (χ0n) is 26.1. The van der Waals surface area contributed by atoms with Gasteiger partial charge in [-0.15, -0.1) is 0 Å². The van der Waals surface area contributed by atoms with Gasteiger partial charge in [0.2, 0.25) is 6.86 Å². The zero-order valence-corrected chi connectivity index (χ0v) is 26.1. The van der Waals surface area contributed by atoms with Crippen LogP contribution in [0.3, 0.4) is 0 Å². The Morgan fingerprint density at radius 2 is 1.91 bits per heavy atom. The number of amides is 1. The number of carbonyl (C=O) groups excluding carboxylic acids is 1. The molecule has 0 aliphatic heterocycles. The quantitative estimate of drug-likeness (QED) is 0.168. The standard InChI is InChI=1S/C33H41F4N5O3/c1-32(41(3)17-18-44-4)14-12-24(13-15-32)40-27-8-5-9-29-26(27)20-25(42(29)21-33(35,36)37)7-6-16-39-28-11-10-23(31(43)38-2)19-30(28)45-22-34/h5,8-11,19-20,24,39-40H,12-18,21-22H2,1-4H3,(H,38,43). The van der Waals surface area contributed by atoms with Gasteiger partial charge in [-0.1, -0.05) is 12.0 Å². The van der Waals surface area contributed by atoms with Crippen molar-refractivity contribution in [3.8, 4) is 17.6 Å². The second kappa shape index (κ2) is 14.9. The number of carbonyl (C=O) groups is 1. The fourth-order valence-electron chi connectivity index (χ4n) is 5.75.